The predicted octanol–water partition coefficient (Wildman–Crippen LogP) is 4.19. The Bertz CT molecular complexity index is 795. The number of benzene rings is 1. The average Bonchev–Trinajstić information content (AvgIpc) is 3.11. The Kier molecular flexibility index (Phi) is 4.12. The summed E-state index contributed by atoms with van der Waals surface area (Å²) in [6.07, 6.45) is 12.7. The minimum absolute atomic E-state index is 0.478. The van der Waals surface area contributed by atoms with E-state index >= 15 is 0 Å². The fourth-order valence-electron chi connectivity index (χ4n) is 2.10. The molecule has 0 saturated carbocycles. The van der Waals surface area contributed by atoms with Crippen molar-refractivity contribution in [1.82, 2.24) is 9.97 Å². The predicted molar refractivity (Wildman–Crippen MR) is 88.9 cm³/mol. The second-order valence-corrected chi connectivity index (χ2v) is 5.23. The summed E-state index contributed by atoms with van der Waals surface area (Å²) in [6, 6.07) is 14.2. The van der Waals surface area contributed by atoms with Crippen LogP contribution < -0.4 is 4.90 Å². The fraction of sp³-hybridized carbons (Fsp3) is 0.0588. The van der Waals surface area contributed by atoms with E-state index < -0.39 is 0 Å². The molecule has 3 rings (SSSR count). The van der Waals surface area contributed by atoms with Crippen LogP contribution in [0.5, 0.6) is 0 Å². The van der Waals surface area contributed by atoms with Gasteiger partial charge in [0, 0.05) is 28.9 Å². The molecular weight excluding hydrogens is 294 g/mol. The van der Waals surface area contributed by atoms with Gasteiger partial charge >= 0.3 is 0 Å². The van der Waals surface area contributed by atoms with Crippen molar-refractivity contribution in [3.05, 3.63) is 55.1 Å². The minimum Gasteiger partial charge on any atom is -0.464 e. The molecule has 0 aliphatic rings. The number of thioether (sulfide) groups is 1. The molecule has 0 radical (unpaired) electrons. The maximum Gasteiger partial charge on any atom is 0.242 e. The van der Waals surface area contributed by atoms with Crippen molar-refractivity contribution in [2.75, 3.05) is 11.2 Å². The monoisotopic (exact) mass is 307 g/mol. The number of hydrogen-bond donors (Lipinski definition) is 0. The Hall–Kier alpha value is -2.71. The number of nitrogens with zero attached hydrogens (tertiary/aromatic N) is 3. The molecule has 0 fully saturated rings. The van der Waals surface area contributed by atoms with Gasteiger partial charge in [0.2, 0.25) is 5.95 Å². The minimum atomic E-state index is 0.478. The van der Waals surface area contributed by atoms with Crippen LogP contribution in [0.4, 0.5) is 11.6 Å². The first-order chi connectivity index (χ1) is 10.8. The highest BCUT2D eigenvalue weighted by molar-refractivity contribution is 7.98. The maximum absolute atomic E-state index is 5.66. The molecule has 4 nitrogen and oxygen atoms in total. The van der Waals surface area contributed by atoms with E-state index in [4.69, 9.17) is 10.8 Å². The number of rotatable bonds is 4. The fourth-order valence-corrected chi connectivity index (χ4v) is 2.71. The molecule has 0 unspecified atom stereocenters. The van der Waals surface area contributed by atoms with Crippen LogP contribution in [0.3, 0.4) is 0 Å². The van der Waals surface area contributed by atoms with Crippen molar-refractivity contribution in [2.45, 2.75) is 4.90 Å². The van der Waals surface area contributed by atoms with Crippen LogP contribution in [0.25, 0.3) is 11.3 Å². The second-order valence-electron chi connectivity index (χ2n) is 4.38. The lowest BCUT2D eigenvalue weighted by atomic mass is 10.1. The molecule has 0 atom stereocenters. The summed E-state index contributed by atoms with van der Waals surface area (Å²) < 4.78 is 5.44. The lowest BCUT2D eigenvalue weighted by molar-refractivity contribution is 0.582. The van der Waals surface area contributed by atoms with Crippen LogP contribution in [0.15, 0.2) is 64.4 Å². The molecule has 3 aromatic rings. The number of hydrogen-bond acceptors (Lipinski definition) is 5. The third-order valence-electron chi connectivity index (χ3n) is 3.11. The number of furan rings is 1. The van der Waals surface area contributed by atoms with Gasteiger partial charge < -0.3 is 4.42 Å². The van der Waals surface area contributed by atoms with E-state index in [1.807, 2.05) is 36.6 Å². The van der Waals surface area contributed by atoms with Crippen LogP contribution in [-0.2, 0) is 0 Å². The molecule has 0 amide bonds. The van der Waals surface area contributed by atoms with Crippen LogP contribution in [0, 0.1) is 12.5 Å². The molecule has 5 heteroatoms. The van der Waals surface area contributed by atoms with Gasteiger partial charge in [-0.05, 0) is 42.7 Å². The van der Waals surface area contributed by atoms with Gasteiger partial charge in [-0.3, -0.25) is 0 Å². The first kappa shape index (κ1) is 14.2. The van der Waals surface area contributed by atoms with Gasteiger partial charge in [-0.25, -0.2) is 14.9 Å². The standard InChI is InChI=1S/C17H13N3OS/c1-3-20(17-18-9-5-10-19-17)14-8-7-13(12-16(14)22-2)15-6-4-11-21-15/h1,4-12H,2H3. The molecular formula is C17H13N3OS. The van der Waals surface area contributed by atoms with Gasteiger partial charge in [-0.15, -0.1) is 11.8 Å². The Morgan fingerprint density at radius 3 is 2.64 bits per heavy atom. The van der Waals surface area contributed by atoms with Gasteiger partial charge in [0.25, 0.3) is 0 Å². The summed E-state index contributed by atoms with van der Waals surface area (Å²) in [6.45, 7) is 0. The largest absolute Gasteiger partial charge is 0.464 e. The van der Waals surface area contributed by atoms with Crippen LogP contribution >= 0.6 is 11.8 Å². The van der Waals surface area contributed by atoms with Crippen molar-refractivity contribution < 1.29 is 4.42 Å². The highest BCUT2D eigenvalue weighted by atomic mass is 32.2. The van der Waals surface area contributed by atoms with Gasteiger partial charge in [-0.1, -0.05) is 6.42 Å². The Labute approximate surface area is 133 Å². The van der Waals surface area contributed by atoms with E-state index in [1.165, 1.54) is 0 Å². The van der Waals surface area contributed by atoms with Crippen molar-refractivity contribution in [2.24, 2.45) is 0 Å². The van der Waals surface area contributed by atoms with Crippen molar-refractivity contribution >= 4 is 23.4 Å². The van der Waals surface area contributed by atoms with E-state index in [1.54, 1.807) is 41.4 Å². The SMILES string of the molecule is C#CN(c1ncccn1)c1ccc(-c2ccco2)cc1SC. The van der Waals surface area contributed by atoms with Gasteiger partial charge in [-0.2, -0.15) is 0 Å². The molecule has 0 aliphatic heterocycles. The van der Waals surface area contributed by atoms with Crippen molar-refractivity contribution in [3.8, 4) is 23.8 Å². The molecule has 0 aliphatic carbocycles. The average molecular weight is 307 g/mol. The third kappa shape index (κ3) is 2.69. The normalized spacial score (nSPS) is 10.2. The van der Waals surface area contributed by atoms with E-state index in [-0.39, 0.29) is 0 Å². The van der Waals surface area contributed by atoms with E-state index in [2.05, 4.69) is 16.0 Å². The topological polar surface area (TPSA) is 42.2 Å². The summed E-state index contributed by atoms with van der Waals surface area (Å²) in [7, 11) is 0. The zero-order valence-electron chi connectivity index (χ0n) is 11.9. The molecule has 0 bridgehead atoms. The zero-order chi connectivity index (χ0) is 15.4. The zero-order valence-corrected chi connectivity index (χ0v) is 12.7. The summed E-state index contributed by atoms with van der Waals surface area (Å²) in [5, 5.41) is 0. The quantitative estimate of drug-likeness (QED) is 0.411. The molecule has 0 spiro atoms. The number of anilines is 2. The highest BCUT2D eigenvalue weighted by Gasteiger charge is 2.15. The second kappa shape index (κ2) is 6.37. The Balaban J connectivity index is 2.05. The molecule has 1 aromatic carbocycles. The van der Waals surface area contributed by atoms with Gasteiger partial charge in [0.15, 0.2) is 0 Å². The Morgan fingerprint density at radius 1 is 1.18 bits per heavy atom. The summed E-state index contributed by atoms with van der Waals surface area (Å²) >= 11 is 1.61. The first-order valence-electron chi connectivity index (χ1n) is 6.59. The molecule has 0 N–H and O–H groups in total. The number of terminal acetylenes is 1. The van der Waals surface area contributed by atoms with Crippen molar-refractivity contribution in [3.63, 3.8) is 0 Å². The molecule has 108 valence electrons. The summed E-state index contributed by atoms with van der Waals surface area (Å²) in [4.78, 5) is 11.1. The number of aromatic nitrogens is 2. The lowest BCUT2D eigenvalue weighted by Gasteiger charge is -2.18. The van der Waals surface area contributed by atoms with E-state index in [9.17, 15) is 0 Å². The lowest BCUT2D eigenvalue weighted by Crippen LogP contribution is -2.13. The van der Waals surface area contributed by atoms with Gasteiger partial charge in [0.05, 0.1) is 12.0 Å². The van der Waals surface area contributed by atoms with E-state index in [0.29, 0.717) is 5.95 Å². The van der Waals surface area contributed by atoms with E-state index in [0.717, 1.165) is 21.9 Å². The third-order valence-corrected chi connectivity index (χ3v) is 3.87. The van der Waals surface area contributed by atoms with Crippen LogP contribution in [0.2, 0.25) is 0 Å². The van der Waals surface area contributed by atoms with Crippen LogP contribution in [-0.4, -0.2) is 16.2 Å². The first-order valence-corrected chi connectivity index (χ1v) is 7.81. The maximum atomic E-state index is 5.66. The summed E-state index contributed by atoms with van der Waals surface area (Å²) in [5.74, 6) is 1.30. The molecule has 2 heterocycles. The van der Waals surface area contributed by atoms with Gasteiger partial charge in [0.1, 0.15) is 5.76 Å². The van der Waals surface area contributed by atoms with Crippen LogP contribution in [0.1, 0.15) is 0 Å². The molecule has 0 saturated heterocycles. The summed E-state index contributed by atoms with van der Waals surface area (Å²) in [5.41, 5.74) is 1.88. The highest BCUT2D eigenvalue weighted by Crippen LogP contribution is 2.35. The molecule has 2 aromatic heterocycles. The Morgan fingerprint density at radius 2 is 2.00 bits per heavy atom. The smallest absolute Gasteiger partial charge is 0.242 e. The van der Waals surface area contributed by atoms with Crippen molar-refractivity contribution in [1.29, 1.82) is 0 Å². The molecule has 22 heavy (non-hydrogen) atoms.